The van der Waals surface area contributed by atoms with Crippen LogP contribution in [0.15, 0.2) is 47.4 Å². The molecule has 0 aliphatic rings. The third-order valence-corrected chi connectivity index (χ3v) is 4.38. The van der Waals surface area contributed by atoms with Gasteiger partial charge in [-0.2, -0.15) is 0 Å². The van der Waals surface area contributed by atoms with E-state index in [1.165, 1.54) is 25.3 Å². The first-order valence-electron chi connectivity index (χ1n) is 6.29. The van der Waals surface area contributed by atoms with Crippen molar-refractivity contribution in [3.63, 3.8) is 0 Å². The Morgan fingerprint density at radius 1 is 1.17 bits per heavy atom. The lowest BCUT2D eigenvalue weighted by Gasteiger charge is -2.12. The third kappa shape index (κ3) is 3.67. The van der Waals surface area contributed by atoms with Crippen LogP contribution >= 0.6 is 0 Å². The molecule has 10 heteroatoms. The smallest absolute Gasteiger partial charge is 0.270 e. The summed E-state index contributed by atoms with van der Waals surface area (Å²) in [4.78, 5) is 9.82. The molecule has 4 N–H and O–H groups in total. The molecule has 0 saturated heterocycles. The van der Waals surface area contributed by atoms with Gasteiger partial charge in [-0.05, 0) is 30.3 Å². The van der Waals surface area contributed by atoms with E-state index in [1.54, 1.807) is 12.1 Å². The van der Waals surface area contributed by atoms with Gasteiger partial charge in [0.15, 0.2) is 0 Å². The van der Waals surface area contributed by atoms with Crippen molar-refractivity contribution in [2.45, 2.75) is 4.90 Å². The molecule has 122 valence electrons. The number of nitrogens with two attached hydrogens (primary N) is 1. The fourth-order valence-electron chi connectivity index (χ4n) is 1.84. The highest BCUT2D eigenvalue weighted by Crippen LogP contribution is 2.28. The average Bonchev–Trinajstić information content (AvgIpc) is 2.54. The molecule has 9 nitrogen and oxygen atoms in total. The van der Waals surface area contributed by atoms with Gasteiger partial charge in [-0.15, -0.1) is 0 Å². The Morgan fingerprint density at radius 2 is 1.83 bits per heavy atom. The van der Waals surface area contributed by atoms with Gasteiger partial charge in [0, 0.05) is 17.8 Å². The number of non-ortho nitro benzene ring substituents is 1. The van der Waals surface area contributed by atoms with Crippen LogP contribution in [0.4, 0.5) is 17.1 Å². The molecule has 0 atom stereocenters. The number of nitrogens with zero attached hydrogens (tertiary/aromatic N) is 1. The summed E-state index contributed by atoms with van der Waals surface area (Å²) in [7, 11) is -2.58. The quantitative estimate of drug-likeness (QED) is 0.414. The molecular weight excluding hydrogens is 324 g/mol. The molecule has 2 rings (SSSR count). The second kappa shape index (κ2) is 6.50. The van der Waals surface area contributed by atoms with Crippen molar-refractivity contribution in [2.75, 3.05) is 17.3 Å². The number of anilines is 2. The van der Waals surface area contributed by atoms with Crippen LogP contribution in [-0.4, -0.2) is 20.5 Å². The monoisotopic (exact) mass is 338 g/mol. The van der Waals surface area contributed by atoms with Crippen LogP contribution in [0, 0.1) is 10.1 Å². The van der Waals surface area contributed by atoms with Crippen molar-refractivity contribution in [1.29, 1.82) is 0 Å². The van der Waals surface area contributed by atoms with Gasteiger partial charge in [-0.3, -0.25) is 20.7 Å². The van der Waals surface area contributed by atoms with Crippen LogP contribution in [-0.2, 0) is 10.0 Å². The molecule has 0 saturated carbocycles. The van der Waals surface area contributed by atoms with Gasteiger partial charge in [0.1, 0.15) is 10.6 Å². The molecule has 23 heavy (non-hydrogen) atoms. The summed E-state index contributed by atoms with van der Waals surface area (Å²) in [5.41, 5.74) is 2.16. The molecule has 0 amide bonds. The molecular formula is C13H14N4O5S. The van der Waals surface area contributed by atoms with Gasteiger partial charge < -0.3 is 10.2 Å². The maximum absolute atomic E-state index is 12.5. The lowest BCUT2D eigenvalue weighted by Crippen LogP contribution is -2.17. The molecule has 0 radical (unpaired) electrons. The zero-order valence-corrected chi connectivity index (χ0v) is 12.8. The highest BCUT2D eigenvalue weighted by atomic mass is 32.2. The van der Waals surface area contributed by atoms with Gasteiger partial charge >= 0.3 is 0 Å². The number of rotatable bonds is 6. The normalized spacial score (nSPS) is 10.9. The molecule has 0 unspecified atom stereocenters. The zero-order valence-electron chi connectivity index (χ0n) is 12.0. The number of nitrogens with one attached hydrogen (secondary N) is 2. The van der Waals surface area contributed by atoms with E-state index < -0.39 is 14.9 Å². The van der Waals surface area contributed by atoms with E-state index in [-0.39, 0.29) is 22.0 Å². The molecule has 0 bridgehead atoms. The number of hydrogen-bond acceptors (Lipinski definition) is 7. The zero-order chi connectivity index (χ0) is 17.0. The SMILES string of the molecule is COc1ccc(NS(=O)(=O)c2cc([N+](=O)[O-])ccc2NN)cc1. The van der Waals surface area contributed by atoms with Gasteiger partial charge in [0.25, 0.3) is 15.7 Å². The number of nitro groups is 1. The van der Waals surface area contributed by atoms with Crippen LogP contribution < -0.4 is 20.7 Å². The highest BCUT2D eigenvalue weighted by Gasteiger charge is 2.22. The number of sulfonamides is 1. The van der Waals surface area contributed by atoms with Crippen LogP contribution in [0.25, 0.3) is 0 Å². The van der Waals surface area contributed by atoms with Crippen molar-refractivity contribution in [2.24, 2.45) is 5.84 Å². The van der Waals surface area contributed by atoms with Crippen LogP contribution in [0.1, 0.15) is 0 Å². The first-order chi connectivity index (χ1) is 10.9. The minimum absolute atomic E-state index is 0.0385. The summed E-state index contributed by atoms with van der Waals surface area (Å²) in [5.74, 6) is 5.84. The second-order valence-corrected chi connectivity index (χ2v) is 6.07. The molecule has 0 fully saturated rings. The van der Waals surface area contributed by atoms with E-state index in [0.29, 0.717) is 5.75 Å². The summed E-state index contributed by atoms with van der Waals surface area (Å²) < 4.78 is 32.2. The van der Waals surface area contributed by atoms with Gasteiger partial charge in [0.2, 0.25) is 0 Å². The highest BCUT2D eigenvalue weighted by molar-refractivity contribution is 7.92. The van der Waals surface area contributed by atoms with Crippen LogP contribution in [0.2, 0.25) is 0 Å². The number of nitrogen functional groups attached to an aromatic ring is 1. The van der Waals surface area contributed by atoms with E-state index in [9.17, 15) is 18.5 Å². The fourth-order valence-corrected chi connectivity index (χ4v) is 3.08. The van der Waals surface area contributed by atoms with E-state index >= 15 is 0 Å². The van der Waals surface area contributed by atoms with Crippen molar-refractivity contribution in [1.82, 2.24) is 0 Å². The number of nitro benzene ring substituents is 1. The first kappa shape index (κ1) is 16.5. The molecule has 0 heterocycles. The molecule has 0 aliphatic heterocycles. The number of hydrogen-bond donors (Lipinski definition) is 3. The van der Waals surface area contributed by atoms with Crippen molar-refractivity contribution in [3.05, 3.63) is 52.6 Å². The standard InChI is InChI=1S/C13H14N4O5S/c1-22-11-5-2-9(3-6-11)16-23(20,21)13-8-10(17(18)19)4-7-12(13)15-14/h2-8,15-16H,14H2,1H3. The largest absolute Gasteiger partial charge is 0.497 e. The predicted molar refractivity (Wildman–Crippen MR) is 84.7 cm³/mol. The predicted octanol–water partition coefficient (Wildman–Crippen LogP) is 1.69. The first-order valence-corrected chi connectivity index (χ1v) is 7.77. The van der Waals surface area contributed by atoms with Crippen LogP contribution in [0.3, 0.4) is 0 Å². The number of ether oxygens (including phenoxy) is 1. The van der Waals surface area contributed by atoms with Crippen molar-refractivity contribution in [3.8, 4) is 5.75 Å². The lowest BCUT2D eigenvalue weighted by molar-refractivity contribution is -0.385. The molecule has 2 aromatic carbocycles. The van der Waals surface area contributed by atoms with Gasteiger partial charge in [-0.25, -0.2) is 8.42 Å². The second-order valence-electron chi connectivity index (χ2n) is 4.42. The maximum atomic E-state index is 12.5. The Balaban J connectivity index is 2.41. The number of hydrazine groups is 1. The van der Waals surface area contributed by atoms with E-state index in [0.717, 1.165) is 12.1 Å². The summed E-state index contributed by atoms with van der Waals surface area (Å²) in [6, 6.07) is 9.47. The Kier molecular flexibility index (Phi) is 4.67. The third-order valence-electron chi connectivity index (χ3n) is 2.96. The molecule has 0 spiro atoms. The average molecular weight is 338 g/mol. The summed E-state index contributed by atoms with van der Waals surface area (Å²) in [5, 5.41) is 10.8. The summed E-state index contributed by atoms with van der Waals surface area (Å²) in [6.45, 7) is 0. The van der Waals surface area contributed by atoms with E-state index in [1.807, 2.05) is 0 Å². The number of methoxy groups -OCH3 is 1. The molecule has 2 aromatic rings. The lowest BCUT2D eigenvalue weighted by atomic mass is 10.3. The minimum Gasteiger partial charge on any atom is -0.497 e. The molecule has 0 aliphatic carbocycles. The van der Waals surface area contributed by atoms with Crippen molar-refractivity contribution < 1.29 is 18.1 Å². The maximum Gasteiger partial charge on any atom is 0.270 e. The molecule has 0 aromatic heterocycles. The Labute approximate surface area is 132 Å². The van der Waals surface area contributed by atoms with Crippen molar-refractivity contribution >= 4 is 27.1 Å². The number of benzene rings is 2. The summed E-state index contributed by atoms with van der Waals surface area (Å²) >= 11 is 0. The Bertz CT molecular complexity index is 821. The van der Waals surface area contributed by atoms with Crippen LogP contribution in [0.5, 0.6) is 5.75 Å². The Hall–Kier alpha value is -2.85. The topological polar surface area (TPSA) is 137 Å². The fraction of sp³-hybridized carbons (Fsp3) is 0.0769. The van der Waals surface area contributed by atoms with E-state index in [4.69, 9.17) is 10.6 Å². The summed E-state index contributed by atoms with van der Waals surface area (Å²) in [6.07, 6.45) is 0. The minimum atomic E-state index is -4.07. The van der Waals surface area contributed by atoms with E-state index in [2.05, 4.69) is 10.1 Å². The Morgan fingerprint density at radius 3 is 2.35 bits per heavy atom. The van der Waals surface area contributed by atoms with Gasteiger partial charge in [-0.1, -0.05) is 0 Å². The van der Waals surface area contributed by atoms with Gasteiger partial charge in [0.05, 0.1) is 17.7 Å².